The summed E-state index contributed by atoms with van der Waals surface area (Å²) in [6, 6.07) is 4.19. The fraction of sp³-hybridized carbons (Fsp3) is 0.500. The van der Waals surface area contributed by atoms with Gasteiger partial charge in [-0.05, 0) is 13.0 Å². The smallest absolute Gasteiger partial charge is 0.409 e. The quantitative estimate of drug-likeness (QED) is 0.853. The molecule has 0 spiro atoms. The molecule has 2 rings (SSSR count). The van der Waals surface area contributed by atoms with Gasteiger partial charge in [0.2, 0.25) is 0 Å². The molecule has 1 aliphatic rings. The minimum Gasteiger partial charge on any atom is -0.450 e. The minimum absolute atomic E-state index is 0.316. The van der Waals surface area contributed by atoms with E-state index in [1.54, 1.807) is 17.9 Å². The van der Waals surface area contributed by atoms with Gasteiger partial charge in [0.15, 0.2) is 11.6 Å². The molecule has 1 aliphatic heterocycles. The average molecular weight is 284 g/mol. The first-order chi connectivity index (χ1) is 9.61. The molecule has 1 amide bonds. The zero-order valence-electron chi connectivity index (χ0n) is 11.4. The number of piperazine rings is 1. The lowest BCUT2D eigenvalue weighted by Crippen LogP contribution is -2.48. The molecule has 1 saturated heterocycles. The highest BCUT2D eigenvalue weighted by atomic mass is 19.2. The van der Waals surface area contributed by atoms with Gasteiger partial charge in [-0.15, -0.1) is 0 Å². The average Bonchev–Trinajstić information content (AvgIpc) is 2.45. The summed E-state index contributed by atoms with van der Waals surface area (Å²) < 4.78 is 31.6. The van der Waals surface area contributed by atoms with Gasteiger partial charge in [0.1, 0.15) is 0 Å². The predicted molar refractivity (Wildman–Crippen MR) is 70.2 cm³/mol. The zero-order valence-corrected chi connectivity index (χ0v) is 11.4. The summed E-state index contributed by atoms with van der Waals surface area (Å²) in [7, 11) is 0. The van der Waals surface area contributed by atoms with Crippen molar-refractivity contribution < 1.29 is 18.3 Å². The molecule has 0 bridgehead atoms. The first kappa shape index (κ1) is 14.7. The molecule has 1 aromatic rings. The molecule has 1 fully saturated rings. The van der Waals surface area contributed by atoms with E-state index >= 15 is 0 Å². The second kappa shape index (κ2) is 6.65. The zero-order chi connectivity index (χ0) is 14.5. The van der Waals surface area contributed by atoms with Crippen molar-refractivity contribution in [3.05, 3.63) is 35.4 Å². The monoisotopic (exact) mass is 284 g/mol. The number of carbonyl (C=O) groups is 1. The molecule has 110 valence electrons. The van der Waals surface area contributed by atoms with E-state index in [4.69, 9.17) is 4.74 Å². The lowest BCUT2D eigenvalue weighted by atomic mass is 10.2. The van der Waals surface area contributed by atoms with Crippen molar-refractivity contribution in [3.8, 4) is 0 Å². The summed E-state index contributed by atoms with van der Waals surface area (Å²) in [4.78, 5) is 15.2. The first-order valence-corrected chi connectivity index (χ1v) is 6.68. The van der Waals surface area contributed by atoms with Gasteiger partial charge in [-0.3, -0.25) is 4.90 Å². The van der Waals surface area contributed by atoms with Crippen molar-refractivity contribution in [1.82, 2.24) is 9.80 Å². The second-order valence-corrected chi connectivity index (χ2v) is 4.68. The number of halogens is 2. The summed E-state index contributed by atoms with van der Waals surface area (Å²) in [6.45, 7) is 4.78. The van der Waals surface area contributed by atoms with Crippen molar-refractivity contribution in [2.24, 2.45) is 0 Å². The van der Waals surface area contributed by atoms with Crippen LogP contribution in [0.3, 0.4) is 0 Å². The van der Waals surface area contributed by atoms with Crippen LogP contribution in [0, 0.1) is 11.6 Å². The molecule has 6 heteroatoms. The Bertz CT molecular complexity index is 474. The molecular formula is C14H18F2N2O2. The third-order valence-corrected chi connectivity index (χ3v) is 3.32. The molecule has 0 aromatic heterocycles. The van der Waals surface area contributed by atoms with Crippen LogP contribution in [0.2, 0.25) is 0 Å². The maximum absolute atomic E-state index is 13.6. The van der Waals surface area contributed by atoms with Crippen LogP contribution in [0.15, 0.2) is 18.2 Å². The molecule has 0 aliphatic carbocycles. The molecule has 0 unspecified atom stereocenters. The van der Waals surface area contributed by atoms with Crippen LogP contribution in [0.1, 0.15) is 12.5 Å². The van der Waals surface area contributed by atoms with E-state index in [9.17, 15) is 13.6 Å². The Morgan fingerprint density at radius 2 is 1.95 bits per heavy atom. The van der Waals surface area contributed by atoms with Gasteiger partial charge in [-0.1, -0.05) is 12.1 Å². The number of amides is 1. The van der Waals surface area contributed by atoms with E-state index in [1.165, 1.54) is 6.07 Å². The van der Waals surface area contributed by atoms with Gasteiger partial charge in [0, 0.05) is 38.3 Å². The number of benzene rings is 1. The van der Waals surface area contributed by atoms with Crippen molar-refractivity contribution in [2.45, 2.75) is 13.5 Å². The van der Waals surface area contributed by atoms with Gasteiger partial charge in [-0.25, -0.2) is 13.6 Å². The van der Waals surface area contributed by atoms with Gasteiger partial charge < -0.3 is 9.64 Å². The van der Waals surface area contributed by atoms with Gasteiger partial charge in [0.05, 0.1) is 6.61 Å². The fourth-order valence-corrected chi connectivity index (χ4v) is 2.21. The van der Waals surface area contributed by atoms with E-state index in [0.717, 1.165) is 6.07 Å². The van der Waals surface area contributed by atoms with Gasteiger partial charge in [-0.2, -0.15) is 0 Å². The van der Waals surface area contributed by atoms with Gasteiger partial charge in [0.25, 0.3) is 0 Å². The third kappa shape index (κ3) is 3.45. The lowest BCUT2D eigenvalue weighted by molar-refractivity contribution is 0.0775. The largest absolute Gasteiger partial charge is 0.450 e. The summed E-state index contributed by atoms with van der Waals surface area (Å²) in [5.74, 6) is -1.62. The lowest BCUT2D eigenvalue weighted by Gasteiger charge is -2.34. The maximum Gasteiger partial charge on any atom is 0.409 e. The summed E-state index contributed by atoms with van der Waals surface area (Å²) in [5.41, 5.74) is 0.342. The first-order valence-electron chi connectivity index (χ1n) is 6.68. The van der Waals surface area contributed by atoms with E-state index < -0.39 is 11.6 Å². The molecule has 0 radical (unpaired) electrons. The van der Waals surface area contributed by atoms with E-state index in [0.29, 0.717) is 44.9 Å². The Morgan fingerprint density at radius 3 is 2.60 bits per heavy atom. The molecule has 1 heterocycles. The topological polar surface area (TPSA) is 32.8 Å². The Balaban J connectivity index is 1.88. The number of nitrogens with zero attached hydrogens (tertiary/aromatic N) is 2. The molecule has 0 N–H and O–H groups in total. The van der Waals surface area contributed by atoms with Crippen molar-refractivity contribution >= 4 is 6.09 Å². The number of ether oxygens (including phenoxy) is 1. The van der Waals surface area contributed by atoms with Crippen LogP contribution < -0.4 is 0 Å². The fourth-order valence-electron chi connectivity index (χ4n) is 2.21. The van der Waals surface area contributed by atoms with E-state index in [2.05, 4.69) is 0 Å². The van der Waals surface area contributed by atoms with Crippen LogP contribution in [-0.2, 0) is 11.3 Å². The molecule has 20 heavy (non-hydrogen) atoms. The summed E-state index contributed by atoms with van der Waals surface area (Å²) in [6.07, 6.45) is -0.316. The standard InChI is InChI=1S/C14H18F2N2O2/c1-2-20-14(19)18-8-6-17(7-9-18)10-11-4-3-5-12(15)13(11)16/h3-5H,2,6-10H2,1H3. The van der Waals surface area contributed by atoms with Gasteiger partial charge >= 0.3 is 6.09 Å². The van der Waals surface area contributed by atoms with E-state index in [-0.39, 0.29) is 6.09 Å². The van der Waals surface area contributed by atoms with Crippen LogP contribution in [0.25, 0.3) is 0 Å². The number of carbonyl (C=O) groups excluding carboxylic acids is 1. The van der Waals surface area contributed by atoms with Crippen molar-refractivity contribution in [2.75, 3.05) is 32.8 Å². The van der Waals surface area contributed by atoms with Crippen molar-refractivity contribution in [1.29, 1.82) is 0 Å². The third-order valence-electron chi connectivity index (χ3n) is 3.32. The normalized spacial score (nSPS) is 16.2. The summed E-state index contributed by atoms with van der Waals surface area (Å²) in [5, 5.41) is 0. The molecule has 0 saturated carbocycles. The second-order valence-electron chi connectivity index (χ2n) is 4.68. The highest BCUT2D eigenvalue weighted by Crippen LogP contribution is 2.15. The highest BCUT2D eigenvalue weighted by Gasteiger charge is 2.22. The number of hydrogen-bond acceptors (Lipinski definition) is 3. The van der Waals surface area contributed by atoms with E-state index in [1.807, 2.05) is 4.90 Å². The van der Waals surface area contributed by atoms with Crippen molar-refractivity contribution in [3.63, 3.8) is 0 Å². The Labute approximate surface area is 116 Å². The maximum atomic E-state index is 13.6. The number of hydrogen-bond donors (Lipinski definition) is 0. The predicted octanol–water partition coefficient (Wildman–Crippen LogP) is 2.24. The Hall–Kier alpha value is -1.69. The van der Waals surface area contributed by atoms with Crippen LogP contribution in [0.4, 0.5) is 13.6 Å². The molecular weight excluding hydrogens is 266 g/mol. The molecule has 1 aromatic carbocycles. The van der Waals surface area contributed by atoms with Crippen LogP contribution in [0.5, 0.6) is 0 Å². The highest BCUT2D eigenvalue weighted by molar-refractivity contribution is 5.67. The Morgan fingerprint density at radius 1 is 1.25 bits per heavy atom. The Kier molecular flexibility index (Phi) is 4.89. The van der Waals surface area contributed by atoms with Crippen LogP contribution >= 0.6 is 0 Å². The number of rotatable bonds is 3. The molecule has 4 nitrogen and oxygen atoms in total. The SMILES string of the molecule is CCOC(=O)N1CCN(Cc2cccc(F)c2F)CC1. The van der Waals surface area contributed by atoms with Crippen LogP contribution in [-0.4, -0.2) is 48.7 Å². The minimum atomic E-state index is -0.826. The molecule has 0 atom stereocenters. The summed E-state index contributed by atoms with van der Waals surface area (Å²) >= 11 is 0.